The summed E-state index contributed by atoms with van der Waals surface area (Å²) in [5, 5.41) is 2.66. The van der Waals surface area contributed by atoms with Gasteiger partial charge in [-0.05, 0) is 39.3 Å². The molecule has 1 rings (SSSR count). The van der Waals surface area contributed by atoms with Crippen LogP contribution in [0, 0.1) is 6.92 Å². The van der Waals surface area contributed by atoms with E-state index >= 15 is 0 Å². The fourth-order valence-corrected chi connectivity index (χ4v) is 1.66. The first-order valence-corrected chi connectivity index (χ1v) is 6.27. The molecule has 0 bridgehead atoms. The average molecular weight is 267 g/mol. The van der Waals surface area contributed by atoms with Crippen molar-refractivity contribution in [2.45, 2.75) is 33.8 Å². The van der Waals surface area contributed by atoms with Gasteiger partial charge < -0.3 is 14.2 Å². The van der Waals surface area contributed by atoms with Gasteiger partial charge in [0.2, 0.25) is 0 Å². The van der Waals surface area contributed by atoms with Gasteiger partial charge in [0.1, 0.15) is 0 Å². The molecule has 0 heterocycles. The second-order valence-corrected chi connectivity index (χ2v) is 4.34. The number of amides is 1. The SMILES string of the molecule is CCOc1c(C)cc(NC(=O)OC(C)C)cc1OC. The summed E-state index contributed by atoms with van der Waals surface area (Å²) in [5.74, 6) is 1.27. The highest BCUT2D eigenvalue weighted by molar-refractivity contribution is 5.85. The van der Waals surface area contributed by atoms with Gasteiger partial charge in [-0.2, -0.15) is 0 Å². The Bertz CT molecular complexity index is 443. The number of rotatable bonds is 5. The number of anilines is 1. The van der Waals surface area contributed by atoms with Gasteiger partial charge in [-0.3, -0.25) is 5.32 Å². The zero-order chi connectivity index (χ0) is 14.4. The number of nitrogens with one attached hydrogen (secondary N) is 1. The smallest absolute Gasteiger partial charge is 0.411 e. The zero-order valence-electron chi connectivity index (χ0n) is 12.1. The van der Waals surface area contributed by atoms with Gasteiger partial charge in [0.15, 0.2) is 11.5 Å². The van der Waals surface area contributed by atoms with E-state index in [2.05, 4.69) is 5.32 Å². The average Bonchev–Trinajstić information content (AvgIpc) is 2.31. The summed E-state index contributed by atoms with van der Waals surface area (Å²) in [7, 11) is 1.56. The third-order valence-corrected chi connectivity index (χ3v) is 2.34. The Balaban J connectivity index is 2.92. The van der Waals surface area contributed by atoms with E-state index in [0.717, 1.165) is 5.56 Å². The van der Waals surface area contributed by atoms with Crippen LogP contribution in [0.3, 0.4) is 0 Å². The first-order chi connectivity index (χ1) is 8.97. The minimum Gasteiger partial charge on any atom is -0.493 e. The second-order valence-electron chi connectivity index (χ2n) is 4.34. The second kappa shape index (κ2) is 6.87. The molecule has 0 aromatic heterocycles. The minimum atomic E-state index is -0.486. The lowest BCUT2D eigenvalue weighted by Crippen LogP contribution is -2.18. The van der Waals surface area contributed by atoms with Crippen molar-refractivity contribution in [1.29, 1.82) is 0 Å². The van der Waals surface area contributed by atoms with Gasteiger partial charge in [0.05, 0.1) is 19.8 Å². The Kier molecular flexibility index (Phi) is 5.48. The van der Waals surface area contributed by atoms with Crippen molar-refractivity contribution in [3.8, 4) is 11.5 Å². The number of carbonyl (C=O) groups is 1. The molecule has 0 spiro atoms. The molecule has 5 heteroatoms. The first kappa shape index (κ1) is 15.1. The molecule has 19 heavy (non-hydrogen) atoms. The lowest BCUT2D eigenvalue weighted by Gasteiger charge is -2.15. The van der Waals surface area contributed by atoms with Crippen LogP contribution in [-0.2, 0) is 4.74 Å². The van der Waals surface area contributed by atoms with Gasteiger partial charge in [-0.25, -0.2) is 4.79 Å². The lowest BCUT2D eigenvalue weighted by atomic mass is 10.2. The molecule has 0 aliphatic carbocycles. The maximum Gasteiger partial charge on any atom is 0.411 e. The van der Waals surface area contributed by atoms with Crippen molar-refractivity contribution in [1.82, 2.24) is 0 Å². The minimum absolute atomic E-state index is 0.161. The van der Waals surface area contributed by atoms with Crippen LogP contribution in [0.1, 0.15) is 26.3 Å². The Hall–Kier alpha value is -1.91. The maximum atomic E-state index is 11.5. The normalized spacial score (nSPS) is 10.2. The van der Waals surface area contributed by atoms with Crippen LogP contribution in [0.25, 0.3) is 0 Å². The zero-order valence-corrected chi connectivity index (χ0v) is 12.1. The molecular weight excluding hydrogens is 246 g/mol. The van der Waals surface area contributed by atoms with Crippen molar-refractivity contribution < 1.29 is 19.0 Å². The van der Waals surface area contributed by atoms with Crippen molar-refractivity contribution in [3.63, 3.8) is 0 Å². The molecule has 1 amide bonds. The third kappa shape index (κ3) is 4.35. The van der Waals surface area contributed by atoms with E-state index in [1.54, 1.807) is 27.0 Å². The fourth-order valence-electron chi connectivity index (χ4n) is 1.66. The molecule has 0 saturated heterocycles. The monoisotopic (exact) mass is 267 g/mol. The van der Waals surface area contributed by atoms with Crippen LogP contribution >= 0.6 is 0 Å². The van der Waals surface area contributed by atoms with Gasteiger partial charge in [-0.15, -0.1) is 0 Å². The molecule has 0 aliphatic heterocycles. The van der Waals surface area contributed by atoms with Gasteiger partial charge >= 0.3 is 6.09 Å². The van der Waals surface area contributed by atoms with Crippen LogP contribution in [0.2, 0.25) is 0 Å². The molecule has 0 radical (unpaired) electrons. The topological polar surface area (TPSA) is 56.8 Å². The van der Waals surface area contributed by atoms with Crippen molar-refractivity contribution >= 4 is 11.8 Å². The van der Waals surface area contributed by atoms with E-state index in [-0.39, 0.29) is 6.10 Å². The lowest BCUT2D eigenvalue weighted by molar-refractivity contribution is 0.130. The number of aryl methyl sites for hydroxylation is 1. The number of methoxy groups -OCH3 is 1. The molecule has 0 atom stereocenters. The molecule has 0 aliphatic rings. The van der Waals surface area contributed by atoms with Gasteiger partial charge in [0, 0.05) is 11.8 Å². The van der Waals surface area contributed by atoms with Gasteiger partial charge in [0.25, 0.3) is 0 Å². The summed E-state index contributed by atoms with van der Waals surface area (Å²) in [6.45, 7) is 7.95. The highest BCUT2D eigenvalue weighted by Gasteiger charge is 2.12. The number of hydrogen-bond donors (Lipinski definition) is 1. The Labute approximate surface area is 113 Å². The summed E-state index contributed by atoms with van der Waals surface area (Å²) >= 11 is 0. The Morgan fingerprint density at radius 3 is 2.58 bits per heavy atom. The summed E-state index contributed by atoms with van der Waals surface area (Å²) in [6, 6.07) is 3.52. The molecule has 0 unspecified atom stereocenters. The van der Waals surface area contributed by atoms with E-state index in [0.29, 0.717) is 23.8 Å². The number of carbonyl (C=O) groups excluding carboxylic acids is 1. The molecule has 0 fully saturated rings. The highest BCUT2D eigenvalue weighted by atomic mass is 16.6. The molecule has 1 aromatic carbocycles. The third-order valence-electron chi connectivity index (χ3n) is 2.34. The van der Waals surface area contributed by atoms with Crippen LogP contribution < -0.4 is 14.8 Å². The molecule has 1 N–H and O–H groups in total. The van der Waals surface area contributed by atoms with Crippen molar-refractivity contribution in [2.24, 2.45) is 0 Å². The van der Waals surface area contributed by atoms with Crippen LogP contribution in [-0.4, -0.2) is 25.9 Å². The quantitative estimate of drug-likeness (QED) is 0.888. The fraction of sp³-hybridized carbons (Fsp3) is 0.500. The Morgan fingerprint density at radius 1 is 1.37 bits per heavy atom. The van der Waals surface area contributed by atoms with E-state index in [1.165, 1.54) is 0 Å². The molecule has 0 saturated carbocycles. The standard InChI is InChI=1S/C14H21NO4/c1-6-18-13-10(4)7-11(8-12(13)17-5)15-14(16)19-9(2)3/h7-9H,6H2,1-5H3,(H,15,16). The largest absolute Gasteiger partial charge is 0.493 e. The summed E-state index contributed by atoms with van der Waals surface area (Å²) in [4.78, 5) is 11.5. The van der Waals surface area contributed by atoms with Crippen molar-refractivity contribution in [3.05, 3.63) is 17.7 Å². The van der Waals surface area contributed by atoms with Crippen LogP contribution in [0.15, 0.2) is 12.1 Å². The van der Waals surface area contributed by atoms with E-state index in [9.17, 15) is 4.79 Å². The van der Waals surface area contributed by atoms with E-state index in [4.69, 9.17) is 14.2 Å². The molecule has 5 nitrogen and oxygen atoms in total. The summed E-state index contributed by atoms with van der Waals surface area (Å²) in [5.41, 5.74) is 1.50. The van der Waals surface area contributed by atoms with Crippen LogP contribution in [0.4, 0.5) is 10.5 Å². The number of ether oxygens (including phenoxy) is 3. The van der Waals surface area contributed by atoms with E-state index < -0.39 is 6.09 Å². The summed E-state index contributed by atoms with van der Waals surface area (Å²) < 4.78 is 15.8. The highest BCUT2D eigenvalue weighted by Crippen LogP contribution is 2.34. The maximum absolute atomic E-state index is 11.5. The number of hydrogen-bond acceptors (Lipinski definition) is 4. The van der Waals surface area contributed by atoms with Crippen LogP contribution in [0.5, 0.6) is 11.5 Å². The summed E-state index contributed by atoms with van der Waals surface area (Å²) in [6.07, 6.45) is -0.647. The Morgan fingerprint density at radius 2 is 2.05 bits per heavy atom. The first-order valence-electron chi connectivity index (χ1n) is 6.27. The van der Waals surface area contributed by atoms with Gasteiger partial charge in [-0.1, -0.05) is 0 Å². The number of benzene rings is 1. The molecule has 106 valence electrons. The predicted molar refractivity (Wildman–Crippen MR) is 74.1 cm³/mol. The van der Waals surface area contributed by atoms with Crippen molar-refractivity contribution in [2.75, 3.05) is 19.0 Å². The molecule has 1 aromatic rings. The van der Waals surface area contributed by atoms with E-state index in [1.807, 2.05) is 19.9 Å². The predicted octanol–water partition coefficient (Wildman–Crippen LogP) is 3.36. The molecular formula is C14H21NO4.